The molecule has 9 heteroatoms. The third-order valence-electron chi connectivity index (χ3n) is 3.30. The van der Waals surface area contributed by atoms with Crippen LogP contribution in [0.2, 0.25) is 0 Å². The van der Waals surface area contributed by atoms with Crippen molar-refractivity contribution in [3.63, 3.8) is 0 Å². The summed E-state index contributed by atoms with van der Waals surface area (Å²) >= 11 is 0. The van der Waals surface area contributed by atoms with Gasteiger partial charge in [0.15, 0.2) is 6.10 Å². The zero-order valence-electron chi connectivity index (χ0n) is 11.0. The van der Waals surface area contributed by atoms with Gasteiger partial charge in [0.1, 0.15) is 30.5 Å². The van der Waals surface area contributed by atoms with Gasteiger partial charge in [0, 0.05) is 0 Å². The molecular weight excluding hydrogens is 274 g/mol. The smallest absolute Gasteiger partial charge is 0.404 e. The number of aliphatic hydroxyl groups is 5. The number of carbonyl (C=O) groups excluding carboxylic acids is 1. The van der Waals surface area contributed by atoms with Crippen LogP contribution in [-0.4, -0.2) is 81.0 Å². The molecule has 0 aromatic carbocycles. The van der Waals surface area contributed by atoms with Crippen molar-refractivity contribution in [3.8, 4) is 0 Å². The van der Waals surface area contributed by atoms with E-state index in [1.165, 1.54) is 0 Å². The number of aliphatic hydroxyl groups excluding tert-OH is 5. The lowest BCUT2D eigenvalue weighted by atomic mass is 9.90. The van der Waals surface area contributed by atoms with E-state index in [-0.39, 0.29) is 6.42 Å². The molecule has 1 heterocycles. The fourth-order valence-corrected chi connectivity index (χ4v) is 2.13. The van der Waals surface area contributed by atoms with Gasteiger partial charge < -0.3 is 40.7 Å². The first kappa shape index (κ1) is 17.1. The number of hydrogen-bond donors (Lipinski definition) is 6. The normalized spacial score (nSPS) is 37.2. The Morgan fingerprint density at radius 2 is 1.90 bits per heavy atom. The zero-order valence-corrected chi connectivity index (χ0v) is 11.0. The first-order valence-corrected chi connectivity index (χ1v) is 6.28. The number of carbonyl (C=O) groups is 1. The fraction of sp³-hybridized carbons (Fsp3) is 0.909. The van der Waals surface area contributed by atoms with Gasteiger partial charge in [0.05, 0.1) is 12.7 Å². The summed E-state index contributed by atoms with van der Waals surface area (Å²) in [7, 11) is 0. The van der Waals surface area contributed by atoms with Crippen molar-refractivity contribution >= 4 is 6.09 Å². The van der Waals surface area contributed by atoms with Crippen molar-refractivity contribution in [2.45, 2.75) is 56.1 Å². The van der Waals surface area contributed by atoms with Crippen LogP contribution in [0, 0.1) is 0 Å². The molecule has 0 radical (unpaired) electrons. The van der Waals surface area contributed by atoms with Crippen molar-refractivity contribution < 1.29 is 39.8 Å². The van der Waals surface area contributed by atoms with E-state index in [9.17, 15) is 25.2 Å². The van der Waals surface area contributed by atoms with E-state index >= 15 is 0 Å². The van der Waals surface area contributed by atoms with Crippen molar-refractivity contribution in [1.82, 2.24) is 0 Å². The summed E-state index contributed by atoms with van der Waals surface area (Å²) in [5, 5.41) is 48.1. The second-order valence-corrected chi connectivity index (χ2v) is 4.67. The van der Waals surface area contributed by atoms with Gasteiger partial charge in [-0.2, -0.15) is 0 Å². The molecule has 1 fully saturated rings. The predicted octanol–water partition coefficient (Wildman–Crippen LogP) is -2.94. The van der Waals surface area contributed by atoms with E-state index in [1.54, 1.807) is 6.92 Å². The predicted molar refractivity (Wildman–Crippen MR) is 64.5 cm³/mol. The maximum atomic E-state index is 10.9. The van der Waals surface area contributed by atoms with Gasteiger partial charge in [0.25, 0.3) is 0 Å². The summed E-state index contributed by atoms with van der Waals surface area (Å²) in [5.74, 6) is 0. The zero-order chi connectivity index (χ0) is 15.4. The second kappa shape index (κ2) is 7.16. The molecule has 0 bridgehead atoms. The van der Waals surface area contributed by atoms with Crippen molar-refractivity contribution in [3.05, 3.63) is 0 Å². The minimum atomic E-state index is -1.62. The molecule has 1 saturated heterocycles. The number of nitrogens with two attached hydrogens (primary N) is 1. The average Bonchev–Trinajstić information content (AvgIpc) is 2.42. The number of hydrogen-bond acceptors (Lipinski definition) is 8. The largest absolute Gasteiger partial charge is 0.441 e. The molecule has 1 aliphatic heterocycles. The fourth-order valence-electron chi connectivity index (χ4n) is 2.13. The van der Waals surface area contributed by atoms with Gasteiger partial charge in [0.2, 0.25) is 0 Å². The Kier molecular flexibility index (Phi) is 6.11. The lowest BCUT2D eigenvalue weighted by Crippen LogP contribution is -2.63. The van der Waals surface area contributed by atoms with Crippen LogP contribution in [0.1, 0.15) is 13.3 Å². The van der Waals surface area contributed by atoms with Crippen LogP contribution >= 0.6 is 0 Å². The molecule has 3 unspecified atom stereocenters. The quantitative estimate of drug-likeness (QED) is 0.314. The molecule has 0 spiro atoms. The lowest BCUT2D eigenvalue weighted by Gasteiger charge is -2.43. The van der Waals surface area contributed by atoms with E-state index in [1.807, 2.05) is 0 Å². The van der Waals surface area contributed by atoms with Gasteiger partial charge in [-0.3, -0.25) is 0 Å². The maximum absolute atomic E-state index is 10.9. The molecule has 0 aliphatic carbocycles. The third-order valence-corrected chi connectivity index (χ3v) is 3.30. The number of rotatable bonds is 5. The first-order chi connectivity index (χ1) is 9.33. The molecule has 7 atom stereocenters. The molecule has 118 valence electrons. The number of primary amides is 1. The third kappa shape index (κ3) is 3.57. The Balaban J connectivity index is 2.95. The molecule has 9 nitrogen and oxygen atoms in total. The van der Waals surface area contributed by atoms with Crippen LogP contribution < -0.4 is 5.73 Å². The Morgan fingerprint density at radius 3 is 2.35 bits per heavy atom. The highest BCUT2D eigenvalue weighted by Crippen LogP contribution is 2.26. The van der Waals surface area contributed by atoms with Gasteiger partial charge >= 0.3 is 6.09 Å². The molecule has 20 heavy (non-hydrogen) atoms. The summed E-state index contributed by atoms with van der Waals surface area (Å²) in [5.41, 5.74) is 4.90. The lowest BCUT2D eigenvalue weighted by molar-refractivity contribution is -0.256. The summed E-state index contributed by atoms with van der Waals surface area (Å²) in [4.78, 5) is 10.9. The van der Waals surface area contributed by atoms with Gasteiger partial charge in [-0.25, -0.2) is 4.79 Å². The second-order valence-electron chi connectivity index (χ2n) is 4.67. The van der Waals surface area contributed by atoms with E-state index in [2.05, 4.69) is 0 Å². The molecule has 0 aromatic heterocycles. The summed E-state index contributed by atoms with van der Waals surface area (Å²) in [6.07, 6.45) is -10.8. The van der Waals surface area contributed by atoms with E-state index < -0.39 is 55.4 Å². The van der Waals surface area contributed by atoms with Crippen LogP contribution in [0.4, 0.5) is 4.79 Å². The van der Waals surface area contributed by atoms with Crippen LogP contribution in [-0.2, 0) is 9.47 Å². The first-order valence-electron chi connectivity index (χ1n) is 6.28. The van der Waals surface area contributed by atoms with Crippen molar-refractivity contribution in [2.75, 3.05) is 6.61 Å². The topological polar surface area (TPSA) is 163 Å². The van der Waals surface area contributed by atoms with Crippen LogP contribution in [0.25, 0.3) is 0 Å². The average molecular weight is 295 g/mol. The summed E-state index contributed by atoms with van der Waals surface area (Å²) in [6.45, 7) is 0.985. The molecule has 0 saturated carbocycles. The monoisotopic (exact) mass is 295 g/mol. The van der Waals surface area contributed by atoms with Gasteiger partial charge in [-0.05, 0) is 6.42 Å². The Labute approximate surface area is 115 Å². The van der Waals surface area contributed by atoms with Gasteiger partial charge in [-0.1, -0.05) is 6.92 Å². The molecule has 7 N–H and O–H groups in total. The van der Waals surface area contributed by atoms with E-state index in [4.69, 9.17) is 20.3 Å². The van der Waals surface area contributed by atoms with Crippen LogP contribution in [0.15, 0.2) is 0 Å². The Morgan fingerprint density at radius 1 is 1.30 bits per heavy atom. The summed E-state index contributed by atoms with van der Waals surface area (Å²) in [6, 6.07) is 0. The standard InChI is InChI=1S/C11H21NO8/c1-2-4(14)9(20-11(12)18)10-8(17)7(16)6(15)5(3-13)19-10/h4-10,13-17H,2-3H2,1H3,(H2,12,18)/t4?,5-,6-,7+,8+,9?,10?/m1/s1. The Bertz CT molecular complexity index is 326. The van der Waals surface area contributed by atoms with Crippen LogP contribution in [0.5, 0.6) is 0 Å². The molecule has 1 aliphatic rings. The minimum Gasteiger partial charge on any atom is -0.441 e. The van der Waals surface area contributed by atoms with Crippen molar-refractivity contribution in [1.29, 1.82) is 0 Å². The Hall–Kier alpha value is -0.970. The minimum absolute atomic E-state index is 0.174. The molecule has 1 rings (SSSR count). The number of ether oxygens (including phenoxy) is 2. The highest BCUT2D eigenvalue weighted by atomic mass is 16.6. The van der Waals surface area contributed by atoms with E-state index in [0.717, 1.165) is 0 Å². The highest BCUT2D eigenvalue weighted by molar-refractivity contribution is 5.64. The maximum Gasteiger partial charge on any atom is 0.404 e. The van der Waals surface area contributed by atoms with E-state index in [0.29, 0.717) is 0 Å². The molecule has 1 amide bonds. The molecule has 0 aromatic rings. The number of amides is 1. The van der Waals surface area contributed by atoms with Crippen molar-refractivity contribution in [2.24, 2.45) is 5.73 Å². The highest BCUT2D eigenvalue weighted by Gasteiger charge is 2.49. The SMILES string of the molecule is CCC(O)C(OC(N)=O)C1O[C@H](CO)[C@@H](O)[C@H](O)[C@@H]1O. The van der Waals surface area contributed by atoms with Gasteiger partial charge in [-0.15, -0.1) is 0 Å². The molecular formula is C11H21NO8. The van der Waals surface area contributed by atoms with Crippen LogP contribution in [0.3, 0.4) is 0 Å². The summed E-state index contributed by atoms with van der Waals surface area (Å²) < 4.78 is 9.93.